The van der Waals surface area contributed by atoms with Gasteiger partial charge in [-0.3, -0.25) is 9.59 Å². The summed E-state index contributed by atoms with van der Waals surface area (Å²) in [6.45, 7) is 0.136. The minimum atomic E-state index is -0.671. The van der Waals surface area contributed by atoms with Gasteiger partial charge < -0.3 is 23.8 Å². The van der Waals surface area contributed by atoms with E-state index in [1.165, 1.54) is 32.3 Å². The van der Waals surface area contributed by atoms with E-state index in [1.54, 1.807) is 42.5 Å². The number of carbonyl (C=O) groups excluding carboxylic acids is 3. The average molecular weight is 460 g/mol. The van der Waals surface area contributed by atoms with Crippen molar-refractivity contribution in [1.82, 2.24) is 0 Å². The van der Waals surface area contributed by atoms with Crippen molar-refractivity contribution in [2.24, 2.45) is 5.92 Å². The van der Waals surface area contributed by atoms with Crippen molar-refractivity contribution in [3.05, 3.63) is 53.1 Å². The minimum absolute atomic E-state index is 0.00321. The second-order valence-electron chi connectivity index (χ2n) is 6.91. The van der Waals surface area contributed by atoms with Gasteiger partial charge in [0.2, 0.25) is 5.91 Å². The summed E-state index contributed by atoms with van der Waals surface area (Å²) in [7, 11) is 4.22. The molecule has 2 aromatic carbocycles. The van der Waals surface area contributed by atoms with Gasteiger partial charge in [0.05, 0.1) is 32.9 Å². The molecule has 3 rings (SSSR count). The van der Waals surface area contributed by atoms with Gasteiger partial charge in [0.1, 0.15) is 5.75 Å². The van der Waals surface area contributed by atoms with E-state index >= 15 is 0 Å². The van der Waals surface area contributed by atoms with Gasteiger partial charge in [-0.2, -0.15) is 0 Å². The van der Waals surface area contributed by atoms with Crippen LogP contribution in [0, 0.1) is 5.92 Å². The normalized spacial score (nSPS) is 15.7. The van der Waals surface area contributed by atoms with E-state index in [2.05, 4.69) is 4.74 Å². The lowest BCUT2D eigenvalue weighted by Gasteiger charge is -2.19. The van der Waals surface area contributed by atoms with Gasteiger partial charge in [-0.15, -0.1) is 0 Å². The lowest BCUT2D eigenvalue weighted by atomic mass is 10.1. The zero-order valence-corrected chi connectivity index (χ0v) is 18.5. The van der Waals surface area contributed by atoms with Gasteiger partial charge in [-0.25, -0.2) is 4.79 Å². The lowest BCUT2D eigenvalue weighted by molar-refractivity contribution is -0.139. The maximum absolute atomic E-state index is 12.8. The molecule has 0 spiro atoms. The van der Waals surface area contributed by atoms with E-state index < -0.39 is 17.9 Å². The number of methoxy groups -OCH3 is 3. The van der Waals surface area contributed by atoms with Crippen LogP contribution in [0.25, 0.3) is 6.08 Å². The van der Waals surface area contributed by atoms with Gasteiger partial charge >= 0.3 is 11.9 Å². The summed E-state index contributed by atoms with van der Waals surface area (Å²) in [5.74, 6) is -0.960. The first-order chi connectivity index (χ1) is 15.4. The van der Waals surface area contributed by atoms with Crippen molar-refractivity contribution in [2.75, 3.05) is 32.8 Å². The fraction of sp³-hybridized carbons (Fsp3) is 0.261. The van der Waals surface area contributed by atoms with Crippen molar-refractivity contribution in [2.45, 2.75) is 6.42 Å². The van der Waals surface area contributed by atoms with Gasteiger partial charge in [0, 0.05) is 24.1 Å². The average Bonchev–Trinajstić information content (AvgIpc) is 3.19. The van der Waals surface area contributed by atoms with E-state index in [-0.39, 0.29) is 24.6 Å². The number of hydrogen-bond acceptors (Lipinski definition) is 7. The molecule has 0 bridgehead atoms. The Labute approximate surface area is 190 Å². The van der Waals surface area contributed by atoms with Crippen LogP contribution in [0.4, 0.5) is 5.69 Å². The van der Waals surface area contributed by atoms with E-state index in [1.807, 2.05) is 0 Å². The van der Waals surface area contributed by atoms with Crippen LogP contribution in [0.1, 0.15) is 12.0 Å². The Bertz CT molecular complexity index is 1070. The van der Waals surface area contributed by atoms with Crippen LogP contribution in [0.3, 0.4) is 0 Å². The lowest BCUT2D eigenvalue weighted by Crippen LogP contribution is -2.27. The standard InChI is InChI=1S/C23H22ClNO7/c1-29-18-8-6-16(24)12-17(18)25-13-15(11-21(25)26)23(28)32-19-7-4-14(10-20(19)30-2)5-9-22(27)31-3/h4-10,12,15H,11,13H2,1-3H3. The molecular formula is C23H22ClNO7. The number of halogens is 1. The van der Waals surface area contributed by atoms with Crippen LogP contribution >= 0.6 is 11.6 Å². The highest BCUT2D eigenvalue weighted by atomic mass is 35.5. The number of ether oxygens (including phenoxy) is 4. The predicted molar refractivity (Wildman–Crippen MR) is 118 cm³/mol. The van der Waals surface area contributed by atoms with Crippen LogP contribution in [0.2, 0.25) is 5.02 Å². The monoisotopic (exact) mass is 459 g/mol. The van der Waals surface area contributed by atoms with Crippen LogP contribution in [-0.4, -0.2) is 45.7 Å². The first-order valence-corrected chi connectivity index (χ1v) is 10.0. The third kappa shape index (κ3) is 5.20. The second-order valence-corrected chi connectivity index (χ2v) is 7.35. The summed E-state index contributed by atoms with van der Waals surface area (Å²) in [6.07, 6.45) is 2.81. The Kier molecular flexibility index (Phi) is 7.37. The molecule has 8 nitrogen and oxygen atoms in total. The van der Waals surface area contributed by atoms with E-state index in [9.17, 15) is 14.4 Å². The van der Waals surface area contributed by atoms with Gasteiger partial charge in [-0.05, 0) is 42.0 Å². The number of carbonyl (C=O) groups is 3. The fourth-order valence-electron chi connectivity index (χ4n) is 3.27. The molecule has 0 N–H and O–H groups in total. The molecule has 1 fully saturated rings. The van der Waals surface area contributed by atoms with Gasteiger partial charge in [-0.1, -0.05) is 17.7 Å². The molecule has 1 atom stereocenters. The second kappa shape index (κ2) is 10.2. The molecule has 2 aromatic rings. The third-order valence-electron chi connectivity index (χ3n) is 4.90. The number of esters is 2. The largest absolute Gasteiger partial charge is 0.495 e. The highest BCUT2D eigenvalue weighted by Gasteiger charge is 2.37. The molecule has 0 aromatic heterocycles. The van der Waals surface area contributed by atoms with Crippen molar-refractivity contribution in [1.29, 1.82) is 0 Å². The zero-order chi connectivity index (χ0) is 23.3. The SMILES string of the molecule is COC(=O)C=Cc1ccc(OC(=O)C2CC(=O)N(c3cc(Cl)ccc3OC)C2)c(OC)c1. The number of amides is 1. The summed E-state index contributed by atoms with van der Waals surface area (Å²) >= 11 is 6.07. The molecular weight excluding hydrogens is 438 g/mol. The molecule has 1 heterocycles. The molecule has 1 saturated heterocycles. The molecule has 32 heavy (non-hydrogen) atoms. The van der Waals surface area contributed by atoms with Gasteiger partial charge in [0.25, 0.3) is 0 Å². The predicted octanol–water partition coefficient (Wildman–Crippen LogP) is 3.50. The molecule has 0 saturated carbocycles. The summed E-state index contributed by atoms with van der Waals surface area (Å²) in [5.41, 5.74) is 1.15. The summed E-state index contributed by atoms with van der Waals surface area (Å²) in [6, 6.07) is 9.78. The Morgan fingerprint density at radius 3 is 2.44 bits per heavy atom. The number of hydrogen-bond donors (Lipinski definition) is 0. The number of benzene rings is 2. The molecule has 1 amide bonds. The summed E-state index contributed by atoms with van der Waals surface area (Å²) in [5, 5.41) is 0.450. The number of anilines is 1. The molecule has 9 heteroatoms. The Morgan fingerprint density at radius 1 is 1.03 bits per heavy atom. The molecule has 1 unspecified atom stereocenters. The van der Waals surface area contributed by atoms with Crippen LogP contribution in [0.5, 0.6) is 17.2 Å². The quantitative estimate of drug-likeness (QED) is 0.355. The van der Waals surface area contributed by atoms with E-state index in [0.717, 1.165) is 0 Å². The smallest absolute Gasteiger partial charge is 0.330 e. The first kappa shape index (κ1) is 23.1. The maximum atomic E-state index is 12.8. The summed E-state index contributed by atoms with van der Waals surface area (Å²) in [4.78, 5) is 38.1. The topological polar surface area (TPSA) is 91.4 Å². The molecule has 0 aliphatic carbocycles. The van der Waals surface area contributed by atoms with E-state index in [4.69, 9.17) is 25.8 Å². The molecule has 1 aliphatic rings. The molecule has 168 valence electrons. The first-order valence-electron chi connectivity index (χ1n) is 9.66. The Morgan fingerprint density at radius 2 is 1.75 bits per heavy atom. The number of rotatable bonds is 7. The zero-order valence-electron chi connectivity index (χ0n) is 17.8. The van der Waals surface area contributed by atoms with Crippen LogP contribution in [-0.2, 0) is 19.1 Å². The molecule has 1 aliphatic heterocycles. The highest BCUT2D eigenvalue weighted by molar-refractivity contribution is 6.31. The molecule has 0 radical (unpaired) electrons. The third-order valence-corrected chi connectivity index (χ3v) is 5.14. The number of nitrogens with zero attached hydrogens (tertiary/aromatic N) is 1. The Balaban J connectivity index is 1.74. The van der Waals surface area contributed by atoms with Crippen molar-refractivity contribution >= 4 is 41.2 Å². The van der Waals surface area contributed by atoms with Crippen LogP contribution < -0.4 is 19.1 Å². The highest BCUT2D eigenvalue weighted by Crippen LogP contribution is 2.36. The minimum Gasteiger partial charge on any atom is -0.495 e. The van der Waals surface area contributed by atoms with Crippen LogP contribution in [0.15, 0.2) is 42.5 Å². The summed E-state index contributed by atoms with van der Waals surface area (Å²) < 4.78 is 20.7. The van der Waals surface area contributed by atoms with Crippen molar-refractivity contribution in [3.8, 4) is 17.2 Å². The van der Waals surface area contributed by atoms with E-state index in [0.29, 0.717) is 27.8 Å². The van der Waals surface area contributed by atoms with Crippen molar-refractivity contribution in [3.63, 3.8) is 0 Å². The van der Waals surface area contributed by atoms with Gasteiger partial charge in [0.15, 0.2) is 11.5 Å². The van der Waals surface area contributed by atoms with Crippen molar-refractivity contribution < 1.29 is 33.3 Å². The Hall–Kier alpha value is -3.52. The maximum Gasteiger partial charge on any atom is 0.330 e. The fourth-order valence-corrected chi connectivity index (χ4v) is 3.43.